The molecule has 158 valence electrons. The number of hydrogen-bond donors (Lipinski definition) is 0. The number of non-ortho nitro benzene ring substituents is 1. The molecule has 0 saturated heterocycles. The molecule has 0 bridgehead atoms. The average Bonchev–Trinajstić information content (AvgIpc) is 3.32. The normalized spacial score (nSPS) is 11.5. The van der Waals surface area contributed by atoms with Gasteiger partial charge < -0.3 is 4.42 Å². The molecule has 0 aliphatic heterocycles. The van der Waals surface area contributed by atoms with Crippen molar-refractivity contribution in [1.29, 1.82) is 5.26 Å². The van der Waals surface area contributed by atoms with Crippen molar-refractivity contribution in [3.8, 4) is 17.3 Å². The van der Waals surface area contributed by atoms with Crippen LogP contribution in [0, 0.1) is 21.4 Å². The number of fused-ring (bicyclic) bond motifs is 3. The number of rotatable bonds is 4. The van der Waals surface area contributed by atoms with Crippen LogP contribution < -0.4 is 5.63 Å². The predicted molar refractivity (Wildman–Crippen MR) is 128 cm³/mol. The first-order valence-electron chi connectivity index (χ1n) is 9.81. The molecule has 0 unspecified atom stereocenters. The lowest BCUT2D eigenvalue weighted by Crippen LogP contribution is -2.03. The fourth-order valence-electron chi connectivity index (χ4n) is 3.57. The van der Waals surface area contributed by atoms with Gasteiger partial charge in [-0.05, 0) is 46.7 Å². The minimum absolute atomic E-state index is 0.0299. The first-order chi connectivity index (χ1) is 16.0. The predicted octanol–water partition coefficient (Wildman–Crippen LogP) is 6.04. The zero-order valence-corrected chi connectivity index (χ0v) is 17.7. The Morgan fingerprint density at radius 2 is 1.88 bits per heavy atom. The van der Waals surface area contributed by atoms with E-state index in [1.165, 1.54) is 23.5 Å². The van der Waals surface area contributed by atoms with Crippen molar-refractivity contribution in [1.82, 2.24) is 4.98 Å². The largest absolute Gasteiger partial charge is 0.422 e. The van der Waals surface area contributed by atoms with E-state index in [0.29, 0.717) is 27.4 Å². The van der Waals surface area contributed by atoms with Crippen molar-refractivity contribution in [3.63, 3.8) is 0 Å². The van der Waals surface area contributed by atoms with Gasteiger partial charge in [0.25, 0.3) is 5.69 Å². The van der Waals surface area contributed by atoms with Crippen LogP contribution in [0.4, 0.5) is 5.69 Å². The Balaban J connectivity index is 1.56. The Kier molecular flexibility index (Phi) is 5.01. The van der Waals surface area contributed by atoms with Gasteiger partial charge in [-0.15, -0.1) is 11.3 Å². The van der Waals surface area contributed by atoms with Gasteiger partial charge >= 0.3 is 5.63 Å². The van der Waals surface area contributed by atoms with Crippen LogP contribution in [0.15, 0.2) is 81.3 Å². The molecule has 0 N–H and O–H groups in total. The molecule has 3 aromatic carbocycles. The lowest BCUT2D eigenvalue weighted by molar-refractivity contribution is -0.384. The Hall–Kier alpha value is -4.61. The number of thiazole rings is 1. The van der Waals surface area contributed by atoms with E-state index < -0.39 is 10.5 Å². The highest BCUT2D eigenvalue weighted by Crippen LogP contribution is 2.30. The monoisotopic (exact) mass is 451 g/mol. The second kappa shape index (κ2) is 8.15. The van der Waals surface area contributed by atoms with Gasteiger partial charge in [0, 0.05) is 22.9 Å². The van der Waals surface area contributed by atoms with Crippen LogP contribution >= 0.6 is 11.3 Å². The number of nitriles is 1. The van der Waals surface area contributed by atoms with Gasteiger partial charge in [-0.3, -0.25) is 10.1 Å². The lowest BCUT2D eigenvalue weighted by Gasteiger charge is -2.04. The molecule has 0 radical (unpaired) electrons. The number of benzene rings is 3. The third-order valence-corrected chi connectivity index (χ3v) is 6.06. The lowest BCUT2D eigenvalue weighted by atomic mass is 10.0. The maximum absolute atomic E-state index is 12.7. The van der Waals surface area contributed by atoms with E-state index in [1.54, 1.807) is 35.7 Å². The van der Waals surface area contributed by atoms with Crippen LogP contribution in [0.2, 0.25) is 0 Å². The molecule has 8 heteroatoms. The van der Waals surface area contributed by atoms with Gasteiger partial charge in [0.05, 0.1) is 21.8 Å². The third kappa shape index (κ3) is 3.78. The van der Waals surface area contributed by atoms with Gasteiger partial charge in [-0.1, -0.05) is 30.3 Å². The molecule has 0 fully saturated rings. The van der Waals surface area contributed by atoms with Gasteiger partial charge in [-0.25, -0.2) is 9.78 Å². The van der Waals surface area contributed by atoms with Crippen LogP contribution in [-0.4, -0.2) is 9.91 Å². The summed E-state index contributed by atoms with van der Waals surface area (Å²) in [6.45, 7) is 0. The van der Waals surface area contributed by atoms with E-state index in [2.05, 4.69) is 11.1 Å². The highest BCUT2D eigenvalue weighted by Gasteiger charge is 2.15. The smallest absolute Gasteiger partial charge is 0.345 e. The molecule has 7 nitrogen and oxygen atoms in total. The number of nitro groups is 1. The Morgan fingerprint density at radius 3 is 2.64 bits per heavy atom. The molecule has 2 heterocycles. The minimum atomic E-state index is -0.507. The summed E-state index contributed by atoms with van der Waals surface area (Å²) in [7, 11) is 0. The van der Waals surface area contributed by atoms with Crippen LogP contribution in [0.3, 0.4) is 0 Å². The van der Waals surface area contributed by atoms with Crippen LogP contribution in [0.1, 0.15) is 10.6 Å². The number of allylic oxidation sites excluding steroid dienone is 1. The molecule has 0 amide bonds. The van der Waals surface area contributed by atoms with Crippen molar-refractivity contribution in [3.05, 3.63) is 103 Å². The van der Waals surface area contributed by atoms with Gasteiger partial charge in [0.2, 0.25) is 0 Å². The molecule has 0 aliphatic rings. The van der Waals surface area contributed by atoms with Crippen molar-refractivity contribution in [2.75, 3.05) is 0 Å². The summed E-state index contributed by atoms with van der Waals surface area (Å²) in [5.74, 6) is 0. The van der Waals surface area contributed by atoms with Crippen molar-refractivity contribution < 1.29 is 9.34 Å². The topological polar surface area (TPSA) is 110 Å². The fourth-order valence-corrected chi connectivity index (χ4v) is 4.36. The standard InChI is InChI=1S/C25H13N3O4S/c26-13-17(11-15-5-8-18(9-6-15)28(30)31)24-27-22(14-33-24)21-12-20-19-4-2-1-3-16(19)7-10-23(20)32-25(21)29/h1-12,14H/b17-11-. The second-order valence-electron chi connectivity index (χ2n) is 7.20. The van der Waals surface area contributed by atoms with E-state index in [9.17, 15) is 20.2 Å². The van der Waals surface area contributed by atoms with Gasteiger partial charge in [0.15, 0.2) is 0 Å². The molecule has 33 heavy (non-hydrogen) atoms. The summed E-state index contributed by atoms with van der Waals surface area (Å²) in [5.41, 5.74) is 1.61. The van der Waals surface area contributed by atoms with E-state index >= 15 is 0 Å². The zero-order chi connectivity index (χ0) is 22.9. The summed E-state index contributed by atoms with van der Waals surface area (Å²) in [4.78, 5) is 27.5. The minimum Gasteiger partial charge on any atom is -0.422 e. The first-order valence-corrected chi connectivity index (χ1v) is 10.7. The number of hydrogen-bond acceptors (Lipinski definition) is 7. The molecule has 0 aliphatic carbocycles. The molecular formula is C25H13N3O4S. The zero-order valence-electron chi connectivity index (χ0n) is 16.9. The molecule has 2 aromatic heterocycles. The summed E-state index contributed by atoms with van der Waals surface area (Å²) in [6, 6.07) is 21.3. The van der Waals surface area contributed by atoms with E-state index in [4.69, 9.17) is 4.42 Å². The van der Waals surface area contributed by atoms with Gasteiger partial charge in [-0.2, -0.15) is 5.26 Å². The molecular weight excluding hydrogens is 438 g/mol. The molecule has 0 atom stereocenters. The first kappa shape index (κ1) is 20.3. The molecule has 0 spiro atoms. The van der Waals surface area contributed by atoms with E-state index in [1.807, 2.05) is 30.3 Å². The highest BCUT2D eigenvalue weighted by molar-refractivity contribution is 7.11. The molecule has 5 aromatic rings. The van der Waals surface area contributed by atoms with Gasteiger partial charge in [0.1, 0.15) is 16.7 Å². The summed E-state index contributed by atoms with van der Waals surface area (Å²) in [6.07, 6.45) is 1.60. The van der Waals surface area contributed by atoms with Crippen molar-refractivity contribution in [2.24, 2.45) is 0 Å². The Labute approximate surface area is 190 Å². The summed E-state index contributed by atoms with van der Waals surface area (Å²) in [5, 5.41) is 25.4. The molecule has 0 saturated carbocycles. The van der Waals surface area contributed by atoms with Crippen LogP contribution in [-0.2, 0) is 0 Å². The van der Waals surface area contributed by atoms with Crippen LogP contribution in [0.5, 0.6) is 0 Å². The average molecular weight is 451 g/mol. The maximum Gasteiger partial charge on any atom is 0.345 e. The van der Waals surface area contributed by atoms with E-state index in [-0.39, 0.29) is 11.3 Å². The summed E-state index contributed by atoms with van der Waals surface area (Å²) < 4.78 is 5.55. The number of nitro benzene ring substituents is 1. The second-order valence-corrected chi connectivity index (χ2v) is 8.06. The maximum atomic E-state index is 12.7. The Bertz CT molecular complexity index is 1670. The van der Waals surface area contributed by atoms with Crippen molar-refractivity contribution in [2.45, 2.75) is 0 Å². The fraction of sp³-hybridized carbons (Fsp3) is 0. The Morgan fingerprint density at radius 1 is 1.09 bits per heavy atom. The molecule has 5 rings (SSSR count). The highest BCUT2D eigenvalue weighted by atomic mass is 32.1. The van der Waals surface area contributed by atoms with E-state index in [0.717, 1.165) is 16.2 Å². The van der Waals surface area contributed by atoms with Crippen LogP contribution in [0.25, 0.3) is 44.6 Å². The third-order valence-electron chi connectivity index (χ3n) is 5.19. The SMILES string of the molecule is N#C/C(=C/c1ccc([N+](=O)[O-])cc1)c1nc(-c2cc3c(ccc4ccccc43)oc2=O)cs1. The van der Waals surface area contributed by atoms with Crippen molar-refractivity contribution >= 4 is 50.4 Å². The summed E-state index contributed by atoms with van der Waals surface area (Å²) >= 11 is 1.23. The quantitative estimate of drug-likeness (QED) is 0.108. The number of nitrogens with zero attached hydrogens (tertiary/aromatic N) is 3. The number of aromatic nitrogens is 1.